The zero-order chi connectivity index (χ0) is 17.5. The Balaban J connectivity index is 1.98. The van der Waals surface area contributed by atoms with Crippen molar-refractivity contribution < 1.29 is 9.53 Å². The van der Waals surface area contributed by atoms with E-state index >= 15 is 0 Å². The summed E-state index contributed by atoms with van der Waals surface area (Å²) in [5, 5.41) is 0. The van der Waals surface area contributed by atoms with Gasteiger partial charge in [0.15, 0.2) is 6.61 Å². The van der Waals surface area contributed by atoms with E-state index in [2.05, 4.69) is 11.8 Å². The van der Waals surface area contributed by atoms with Gasteiger partial charge in [0.2, 0.25) is 0 Å². The molecule has 0 amide bonds. The summed E-state index contributed by atoms with van der Waals surface area (Å²) in [7, 11) is 2.90. The highest BCUT2D eigenvalue weighted by atomic mass is 16.5. The fourth-order valence-electron chi connectivity index (χ4n) is 1.92. The lowest BCUT2D eigenvalue weighted by Gasteiger charge is -2.03. The molecule has 0 atom stereocenters. The Kier molecular flexibility index (Phi) is 5.53. The monoisotopic (exact) mass is 324 g/mol. The maximum Gasteiger partial charge on any atom is 0.331 e. The smallest absolute Gasteiger partial charge is 0.331 e. The van der Waals surface area contributed by atoms with Gasteiger partial charge >= 0.3 is 11.7 Å². The number of aromatic nitrogens is 2. The van der Waals surface area contributed by atoms with Gasteiger partial charge in [0.05, 0.1) is 5.56 Å². The minimum atomic E-state index is -0.617. The highest BCUT2D eigenvalue weighted by Gasteiger charge is 2.04. The number of ether oxygens (including phenoxy) is 1. The van der Waals surface area contributed by atoms with Crippen LogP contribution in [0.1, 0.15) is 11.1 Å². The van der Waals surface area contributed by atoms with Gasteiger partial charge in [-0.15, -0.1) is 0 Å². The molecule has 0 radical (unpaired) electrons. The molecule has 0 aliphatic heterocycles. The van der Waals surface area contributed by atoms with Crippen LogP contribution < -0.4 is 11.2 Å². The van der Waals surface area contributed by atoms with Crippen LogP contribution in [-0.4, -0.2) is 21.7 Å². The summed E-state index contributed by atoms with van der Waals surface area (Å²) in [5.41, 5.74) is 0.131. The van der Waals surface area contributed by atoms with E-state index in [-0.39, 0.29) is 12.2 Å². The minimum absolute atomic E-state index is 0.0522. The second-order valence-electron chi connectivity index (χ2n) is 4.95. The summed E-state index contributed by atoms with van der Waals surface area (Å²) >= 11 is 0. The normalized spacial score (nSPS) is 10.2. The molecule has 0 N–H and O–H groups in total. The number of nitrogens with zero attached hydrogens (tertiary/aromatic N) is 2. The highest BCUT2D eigenvalue weighted by Crippen LogP contribution is 1.95. The van der Waals surface area contributed by atoms with Gasteiger partial charge in [-0.25, -0.2) is 9.59 Å². The molecule has 1 heterocycles. The predicted molar refractivity (Wildman–Crippen MR) is 90.2 cm³/mol. The van der Waals surface area contributed by atoms with Gasteiger partial charge in [-0.1, -0.05) is 30.0 Å². The maximum absolute atomic E-state index is 11.9. The second kappa shape index (κ2) is 7.79. The van der Waals surface area contributed by atoms with Crippen LogP contribution in [-0.2, 0) is 23.6 Å². The first-order valence-corrected chi connectivity index (χ1v) is 7.14. The van der Waals surface area contributed by atoms with Gasteiger partial charge in [-0.05, 0) is 18.2 Å². The number of hydrogen-bond acceptors (Lipinski definition) is 4. The lowest BCUT2D eigenvalue weighted by Crippen LogP contribution is -2.37. The largest absolute Gasteiger partial charge is 0.449 e. The Hall–Kier alpha value is -3.33. The van der Waals surface area contributed by atoms with Gasteiger partial charge in [0.1, 0.15) is 0 Å². The van der Waals surface area contributed by atoms with E-state index < -0.39 is 17.2 Å². The number of aryl methyl sites for hydroxylation is 1. The molecule has 0 bridgehead atoms. The number of esters is 1. The van der Waals surface area contributed by atoms with E-state index in [1.807, 2.05) is 30.3 Å². The first-order chi connectivity index (χ1) is 11.5. The van der Waals surface area contributed by atoms with Crippen LogP contribution >= 0.6 is 0 Å². The zero-order valence-corrected chi connectivity index (χ0v) is 13.4. The molecule has 122 valence electrons. The summed E-state index contributed by atoms with van der Waals surface area (Å²) < 4.78 is 7.16. The van der Waals surface area contributed by atoms with E-state index in [9.17, 15) is 14.4 Å². The highest BCUT2D eigenvalue weighted by molar-refractivity contribution is 5.87. The molecule has 0 unspecified atom stereocenters. The van der Waals surface area contributed by atoms with Gasteiger partial charge < -0.3 is 9.30 Å². The van der Waals surface area contributed by atoms with Crippen LogP contribution in [0, 0.1) is 11.8 Å². The zero-order valence-electron chi connectivity index (χ0n) is 13.4. The summed E-state index contributed by atoms with van der Waals surface area (Å²) in [6, 6.07) is 9.33. The number of hydrogen-bond donors (Lipinski definition) is 0. The molecule has 1 aromatic heterocycles. The van der Waals surface area contributed by atoms with Crippen molar-refractivity contribution in [3.8, 4) is 11.8 Å². The Labute approximate surface area is 138 Å². The third kappa shape index (κ3) is 4.34. The Bertz CT molecular complexity index is 941. The van der Waals surface area contributed by atoms with Crippen molar-refractivity contribution in [1.29, 1.82) is 0 Å². The Morgan fingerprint density at radius 3 is 2.62 bits per heavy atom. The van der Waals surface area contributed by atoms with Crippen LogP contribution in [0.15, 0.2) is 52.2 Å². The average Bonchev–Trinajstić information content (AvgIpc) is 2.59. The molecule has 0 fully saturated rings. The molecule has 0 saturated carbocycles. The van der Waals surface area contributed by atoms with E-state index in [0.29, 0.717) is 0 Å². The quantitative estimate of drug-likeness (QED) is 0.473. The third-order valence-corrected chi connectivity index (χ3v) is 3.17. The Morgan fingerprint density at radius 1 is 1.21 bits per heavy atom. The van der Waals surface area contributed by atoms with E-state index in [1.54, 1.807) is 0 Å². The number of carbonyl (C=O) groups is 1. The second-order valence-corrected chi connectivity index (χ2v) is 4.95. The standard InChI is InChI=1S/C18H16N2O4/c1-19-13-15(17(22)20(2)18(19)23)10-11-16(21)24-12-6-9-14-7-4-3-5-8-14/h3-5,7-8,10-11,13H,12H2,1-2H3/b11-10+. The summed E-state index contributed by atoms with van der Waals surface area (Å²) in [4.78, 5) is 35.1. The molecule has 0 aliphatic rings. The van der Waals surface area contributed by atoms with Crippen molar-refractivity contribution in [3.63, 3.8) is 0 Å². The van der Waals surface area contributed by atoms with Crippen molar-refractivity contribution in [2.45, 2.75) is 0 Å². The lowest BCUT2D eigenvalue weighted by molar-refractivity contribution is -0.136. The first kappa shape index (κ1) is 17.0. The number of carbonyl (C=O) groups excluding carboxylic acids is 1. The fourth-order valence-corrected chi connectivity index (χ4v) is 1.92. The van der Waals surface area contributed by atoms with Crippen molar-refractivity contribution in [2.75, 3.05) is 6.61 Å². The van der Waals surface area contributed by atoms with Gasteiger partial charge in [0.25, 0.3) is 5.56 Å². The van der Waals surface area contributed by atoms with Crippen molar-refractivity contribution in [3.05, 3.63) is 74.6 Å². The topological polar surface area (TPSA) is 70.3 Å². The van der Waals surface area contributed by atoms with Crippen molar-refractivity contribution >= 4 is 12.0 Å². The molecule has 6 heteroatoms. The number of rotatable bonds is 3. The minimum Gasteiger partial charge on any atom is -0.449 e. The fraction of sp³-hybridized carbons (Fsp3) is 0.167. The molecular weight excluding hydrogens is 308 g/mol. The number of benzene rings is 1. The summed E-state index contributed by atoms with van der Waals surface area (Å²) in [6.45, 7) is -0.0522. The SMILES string of the molecule is Cn1cc(/C=C/C(=O)OCC#Cc2ccccc2)c(=O)n(C)c1=O. The molecule has 2 rings (SSSR count). The predicted octanol–water partition coefficient (Wildman–Crippen LogP) is 0.692. The molecule has 24 heavy (non-hydrogen) atoms. The third-order valence-electron chi connectivity index (χ3n) is 3.17. The van der Waals surface area contributed by atoms with Crippen LogP contribution in [0.4, 0.5) is 0 Å². The van der Waals surface area contributed by atoms with Gasteiger partial charge in [-0.2, -0.15) is 0 Å². The first-order valence-electron chi connectivity index (χ1n) is 7.14. The molecule has 1 aromatic carbocycles. The van der Waals surface area contributed by atoms with Crippen molar-refractivity contribution in [1.82, 2.24) is 9.13 Å². The molecule has 0 saturated heterocycles. The summed E-state index contributed by atoms with van der Waals surface area (Å²) in [6.07, 6.45) is 3.81. The van der Waals surface area contributed by atoms with E-state index in [0.717, 1.165) is 16.2 Å². The van der Waals surface area contributed by atoms with Gasteiger partial charge in [0, 0.05) is 31.9 Å². The Morgan fingerprint density at radius 2 is 1.92 bits per heavy atom. The van der Waals surface area contributed by atoms with Crippen LogP contribution in [0.3, 0.4) is 0 Å². The van der Waals surface area contributed by atoms with Crippen LogP contribution in [0.5, 0.6) is 0 Å². The van der Waals surface area contributed by atoms with E-state index in [4.69, 9.17) is 4.74 Å². The van der Waals surface area contributed by atoms with Crippen LogP contribution in [0.25, 0.3) is 6.08 Å². The van der Waals surface area contributed by atoms with E-state index in [1.165, 1.54) is 30.9 Å². The summed E-state index contributed by atoms with van der Waals surface area (Å²) in [5.74, 6) is 4.97. The van der Waals surface area contributed by atoms with Gasteiger partial charge in [-0.3, -0.25) is 9.36 Å². The maximum atomic E-state index is 11.9. The lowest BCUT2D eigenvalue weighted by atomic mass is 10.2. The van der Waals surface area contributed by atoms with Crippen molar-refractivity contribution in [2.24, 2.45) is 14.1 Å². The average molecular weight is 324 g/mol. The molecule has 2 aromatic rings. The molecular formula is C18H16N2O4. The van der Waals surface area contributed by atoms with Crippen LogP contribution in [0.2, 0.25) is 0 Å². The molecule has 0 aliphatic carbocycles. The molecule has 6 nitrogen and oxygen atoms in total. The molecule has 0 spiro atoms.